The topological polar surface area (TPSA) is 69.3 Å². The number of rotatable bonds is 3. The fraction of sp³-hybridized carbons (Fsp3) is 0.615. The number of likely N-dealkylation sites (tertiary alicyclic amines) is 1. The Bertz CT molecular complexity index is 491. The van der Waals surface area contributed by atoms with E-state index < -0.39 is 0 Å². The molecule has 0 aromatic carbocycles. The molecule has 0 radical (unpaired) electrons. The third-order valence-electron chi connectivity index (χ3n) is 3.89. The lowest BCUT2D eigenvalue weighted by molar-refractivity contribution is -0.138. The Morgan fingerprint density at radius 1 is 1.55 bits per heavy atom. The number of piperidine rings is 1. The smallest absolute Gasteiger partial charge is 0.242 e. The van der Waals surface area contributed by atoms with Crippen molar-refractivity contribution >= 4 is 23.6 Å². The van der Waals surface area contributed by atoms with Crippen LogP contribution < -0.4 is 0 Å². The van der Waals surface area contributed by atoms with Gasteiger partial charge in [0.05, 0.1) is 11.6 Å². The van der Waals surface area contributed by atoms with E-state index >= 15 is 0 Å². The van der Waals surface area contributed by atoms with E-state index in [1.807, 2.05) is 11.0 Å². The predicted octanol–water partition coefficient (Wildman–Crippen LogP) is 0.649. The third kappa shape index (κ3) is 2.82. The van der Waals surface area contributed by atoms with Crippen LogP contribution in [0.4, 0.5) is 0 Å². The zero-order valence-electron chi connectivity index (χ0n) is 11.2. The number of aromatic nitrogens is 2. The Kier molecular flexibility index (Phi) is 3.95. The molecule has 1 aromatic rings. The maximum absolute atomic E-state index is 12.3. The molecule has 2 fully saturated rings. The molecular formula is C13H18N4O2S. The van der Waals surface area contributed by atoms with Crippen LogP contribution in [0.15, 0.2) is 12.3 Å². The molecule has 2 aliphatic heterocycles. The Morgan fingerprint density at radius 2 is 2.45 bits per heavy atom. The molecule has 2 aliphatic rings. The molecule has 0 unspecified atom stereocenters. The molecule has 1 aromatic heterocycles. The summed E-state index contributed by atoms with van der Waals surface area (Å²) in [4.78, 5) is 27.4. The molecule has 1 N–H and O–H groups in total. The molecule has 7 heteroatoms. The van der Waals surface area contributed by atoms with E-state index in [-0.39, 0.29) is 18.4 Å². The monoisotopic (exact) mass is 294 g/mol. The van der Waals surface area contributed by atoms with Gasteiger partial charge in [-0.2, -0.15) is 5.10 Å². The average Bonchev–Trinajstić information content (AvgIpc) is 3.12. The molecule has 3 rings (SSSR count). The molecule has 2 saturated heterocycles. The second kappa shape index (κ2) is 5.87. The highest BCUT2D eigenvalue weighted by Crippen LogP contribution is 2.25. The van der Waals surface area contributed by atoms with Crippen LogP contribution in [0.1, 0.15) is 24.5 Å². The standard InChI is InChI=1S/C13H18N4O2S/c18-12(7-17-9-20-8-13(17)19)16-5-1-2-10(6-16)11-3-4-14-15-11/h3-4,10H,1-2,5-9H2,(H,14,15)/t10-/m0/s1. The van der Waals surface area contributed by atoms with E-state index in [0.29, 0.717) is 17.5 Å². The highest BCUT2D eigenvalue weighted by molar-refractivity contribution is 8.00. The minimum Gasteiger partial charge on any atom is -0.340 e. The number of hydrogen-bond donors (Lipinski definition) is 1. The Morgan fingerprint density at radius 3 is 3.15 bits per heavy atom. The van der Waals surface area contributed by atoms with Crippen molar-refractivity contribution < 1.29 is 9.59 Å². The first-order valence-electron chi connectivity index (χ1n) is 6.86. The van der Waals surface area contributed by atoms with Crippen molar-refractivity contribution in [3.05, 3.63) is 18.0 Å². The lowest BCUT2D eigenvalue weighted by Crippen LogP contribution is -2.45. The molecule has 0 saturated carbocycles. The summed E-state index contributed by atoms with van der Waals surface area (Å²) in [5, 5.41) is 6.97. The zero-order chi connectivity index (χ0) is 13.9. The summed E-state index contributed by atoms with van der Waals surface area (Å²) in [6.07, 6.45) is 3.82. The van der Waals surface area contributed by atoms with Crippen molar-refractivity contribution in [2.45, 2.75) is 18.8 Å². The van der Waals surface area contributed by atoms with Crippen molar-refractivity contribution in [1.29, 1.82) is 0 Å². The SMILES string of the molecule is O=C1CSCN1CC(=O)N1CCC[C@H](c2ccn[nH]2)C1. The number of H-pyrrole nitrogens is 1. The Balaban J connectivity index is 1.59. The largest absolute Gasteiger partial charge is 0.340 e. The number of carbonyl (C=O) groups is 2. The van der Waals surface area contributed by atoms with E-state index in [1.54, 1.807) is 22.9 Å². The van der Waals surface area contributed by atoms with Gasteiger partial charge in [0.25, 0.3) is 0 Å². The molecule has 1 atom stereocenters. The van der Waals surface area contributed by atoms with Gasteiger partial charge in [-0.3, -0.25) is 14.7 Å². The molecule has 0 aliphatic carbocycles. The van der Waals surface area contributed by atoms with Crippen LogP contribution in [0.5, 0.6) is 0 Å². The fourth-order valence-corrected chi connectivity index (χ4v) is 3.66. The second-order valence-electron chi connectivity index (χ2n) is 5.26. The fourth-order valence-electron chi connectivity index (χ4n) is 2.76. The van der Waals surface area contributed by atoms with Crippen LogP contribution in [-0.4, -0.2) is 63.1 Å². The van der Waals surface area contributed by atoms with Crippen LogP contribution in [0, 0.1) is 0 Å². The molecule has 2 amide bonds. The van der Waals surface area contributed by atoms with Crippen molar-refractivity contribution in [3.8, 4) is 0 Å². The van der Waals surface area contributed by atoms with Gasteiger partial charge >= 0.3 is 0 Å². The number of thioether (sulfide) groups is 1. The Hall–Kier alpha value is -1.50. The zero-order valence-corrected chi connectivity index (χ0v) is 12.1. The molecular weight excluding hydrogens is 276 g/mol. The first kappa shape index (κ1) is 13.5. The molecule has 3 heterocycles. The van der Waals surface area contributed by atoms with E-state index in [9.17, 15) is 9.59 Å². The first-order valence-corrected chi connectivity index (χ1v) is 8.02. The quantitative estimate of drug-likeness (QED) is 0.888. The highest BCUT2D eigenvalue weighted by Gasteiger charge is 2.29. The Labute approximate surface area is 121 Å². The minimum atomic E-state index is 0.0602. The van der Waals surface area contributed by atoms with Crippen LogP contribution in [0.3, 0.4) is 0 Å². The van der Waals surface area contributed by atoms with Gasteiger partial charge in [0.15, 0.2) is 0 Å². The average molecular weight is 294 g/mol. The van der Waals surface area contributed by atoms with Gasteiger partial charge < -0.3 is 9.80 Å². The normalized spacial score (nSPS) is 23.4. The molecule has 6 nitrogen and oxygen atoms in total. The van der Waals surface area contributed by atoms with Crippen molar-refractivity contribution in [1.82, 2.24) is 20.0 Å². The number of aromatic amines is 1. The van der Waals surface area contributed by atoms with E-state index in [0.717, 1.165) is 31.6 Å². The molecule has 20 heavy (non-hydrogen) atoms. The lowest BCUT2D eigenvalue weighted by Gasteiger charge is -2.33. The summed E-state index contributed by atoms with van der Waals surface area (Å²) < 4.78 is 0. The van der Waals surface area contributed by atoms with E-state index in [2.05, 4.69) is 10.2 Å². The van der Waals surface area contributed by atoms with Gasteiger partial charge in [-0.15, -0.1) is 11.8 Å². The maximum atomic E-state index is 12.3. The third-order valence-corrected chi connectivity index (χ3v) is 4.83. The van der Waals surface area contributed by atoms with Gasteiger partial charge in [0.2, 0.25) is 11.8 Å². The van der Waals surface area contributed by atoms with Gasteiger partial charge in [-0.25, -0.2) is 0 Å². The number of hydrogen-bond acceptors (Lipinski definition) is 4. The summed E-state index contributed by atoms with van der Waals surface area (Å²) in [6.45, 7) is 1.73. The van der Waals surface area contributed by atoms with Crippen molar-refractivity contribution in [2.24, 2.45) is 0 Å². The summed E-state index contributed by atoms with van der Waals surface area (Å²) in [6, 6.07) is 1.97. The van der Waals surface area contributed by atoms with Crippen LogP contribution in [0.25, 0.3) is 0 Å². The summed E-state index contributed by atoms with van der Waals surface area (Å²) >= 11 is 1.57. The summed E-state index contributed by atoms with van der Waals surface area (Å²) in [5.41, 5.74) is 1.09. The molecule has 0 spiro atoms. The lowest BCUT2D eigenvalue weighted by atomic mass is 9.95. The van der Waals surface area contributed by atoms with Crippen LogP contribution >= 0.6 is 11.8 Å². The molecule has 0 bridgehead atoms. The summed E-state index contributed by atoms with van der Waals surface area (Å²) in [7, 11) is 0. The minimum absolute atomic E-state index is 0.0602. The first-order chi connectivity index (χ1) is 9.74. The summed E-state index contributed by atoms with van der Waals surface area (Å²) in [5.74, 6) is 1.61. The van der Waals surface area contributed by atoms with E-state index in [4.69, 9.17) is 0 Å². The maximum Gasteiger partial charge on any atom is 0.242 e. The van der Waals surface area contributed by atoms with E-state index in [1.165, 1.54) is 0 Å². The van der Waals surface area contributed by atoms with Crippen molar-refractivity contribution in [3.63, 3.8) is 0 Å². The van der Waals surface area contributed by atoms with Crippen LogP contribution in [-0.2, 0) is 9.59 Å². The number of carbonyl (C=O) groups excluding carboxylic acids is 2. The highest BCUT2D eigenvalue weighted by atomic mass is 32.2. The molecule has 108 valence electrons. The number of nitrogens with zero attached hydrogens (tertiary/aromatic N) is 3. The van der Waals surface area contributed by atoms with Crippen LogP contribution in [0.2, 0.25) is 0 Å². The van der Waals surface area contributed by atoms with Gasteiger partial charge in [-0.1, -0.05) is 0 Å². The number of nitrogens with one attached hydrogen (secondary N) is 1. The van der Waals surface area contributed by atoms with Gasteiger partial charge in [0, 0.05) is 30.9 Å². The predicted molar refractivity (Wildman–Crippen MR) is 76.2 cm³/mol. The number of amides is 2. The second-order valence-corrected chi connectivity index (χ2v) is 6.22. The van der Waals surface area contributed by atoms with Gasteiger partial charge in [0.1, 0.15) is 6.54 Å². The van der Waals surface area contributed by atoms with Gasteiger partial charge in [-0.05, 0) is 18.9 Å². The van der Waals surface area contributed by atoms with Crippen molar-refractivity contribution in [2.75, 3.05) is 31.3 Å².